The molecule has 1 rings (SSSR count). The van der Waals surface area contributed by atoms with Crippen LogP contribution >= 0.6 is 0 Å². The maximum absolute atomic E-state index is 11.9. The molecule has 6 heteroatoms. The Labute approximate surface area is 120 Å². The lowest BCUT2D eigenvalue weighted by atomic mass is 10.1. The molecule has 112 valence electrons. The lowest BCUT2D eigenvalue weighted by molar-refractivity contribution is 0.00693. The second-order valence-electron chi connectivity index (χ2n) is 5.57. The van der Waals surface area contributed by atoms with Crippen molar-refractivity contribution in [2.75, 3.05) is 6.26 Å². The Balaban J connectivity index is 2.93. The minimum Gasteiger partial charge on any atom is -0.456 e. The van der Waals surface area contributed by atoms with Crippen molar-refractivity contribution in [3.05, 3.63) is 35.4 Å². The summed E-state index contributed by atoms with van der Waals surface area (Å²) in [6, 6.07) is 6.55. The first-order chi connectivity index (χ1) is 8.98. The van der Waals surface area contributed by atoms with Crippen LogP contribution in [0.2, 0.25) is 0 Å². The van der Waals surface area contributed by atoms with E-state index in [0.717, 1.165) is 6.26 Å². The molecule has 5 nitrogen and oxygen atoms in total. The van der Waals surface area contributed by atoms with Crippen LogP contribution in [0.15, 0.2) is 24.3 Å². The molecule has 0 fully saturated rings. The number of hydrogen-bond donors (Lipinski definition) is 0. The molecule has 1 aromatic rings. The minimum absolute atomic E-state index is 0.362. The summed E-state index contributed by atoms with van der Waals surface area (Å²) in [4.78, 5) is 11.9. The second-order valence-corrected chi connectivity index (χ2v) is 7.17. The molecule has 20 heavy (non-hydrogen) atoms. The number of rotatable bonds is 4. The van der Waals surface area contributed by atoms with Gasteiger partial charge in [0, 0.05) is 0 Å². The van der Waals surface area contributed by atoms with Crippen molar-refractivity contribution >= 4 is 16.1 Å². The first-order valence-corrected chi connectivity index (χ1v) is 8.01. The van der Waals surface area contributed by atoms with Gasteiger partial charge in [0.25, 0.3) is 10.1 Å². The summed E-state index contributed by atoms with van der Waals surface area (Å²) in [6.07, 6.45) is 0.327. The smallest absolute Gasteiger partial charge is 0.338 e. The van der Waals surface area contributed by atoms with Gasteiger partial charge in [-0.05, 0) is 45.4 Å². The van der Waals surface area contributed by atoms with Crippen LogP contribution in [0.1, 0.15) is 49.7 Å². The standard InChI is InChI=1S/C14H20O5S/c1-10(19-20(5,16)17)11-7-6-8-12(9-11)13(15)18-14(2,3)4/h6-10H,1-5H3/t10-/m1/s1. The lowest BCUT2D eigenvalue weighted by Gasteiger charge is -2.20. The quantitative estimate of drug-likeness (QED) is 0.631. The molecule has 0 unspecified atom stereocenters. The largest absolute Gasteiger partial charge is 0.456 e. The number of carbonyl (C=O) groups excluding carboxylic acids is 1. The highest BCUT2D eigenvalue weighted by Crippen LogP contribution is 2.21. The van der Waals surface area contributed by atoms with Crippen LogP contribution in [0.4, 0.5) is 0 Å². The highest BCUT2D eigenvalue weighted by atomic mass is 32.2. The molecule has 0 aromatic heterocycles. The zero-order valence-corrected chi connectivity index (χ0v) is 13.2. The fraction of sp³-hybridized carbons (Fsp3) is 0.500. The van der Waals surface area contributed by atoms with Gasteiger partial charge in [-0.2, -0.15) is 8.42 Å². The minimum atomic E-state index is -3.55. The number of hydrogen-bond acceptors (Lipinski definition) is 5. The third-order valence-corrected chi connectivity index (χ3v) is 2.95. The van der Waals surface area contributed by atoms with Crippen LogP contribution in [0.25, 0.3) is 0 Å². The van der Waals surface area contributed by atoms with Gasteiger partial charge in [-0.25, -0.2) is 4.79 Å². The summed E-state index contributed by atoms with van der Waals surface area (Å²) in [5, 5.41) is 0. The highest BCUT2D eigenvalue weighted by molar-refractivity contribution is 7.86. The third kappa shape index (κ3) is 5.71. The van der Waals surface area contributed by atoms with Gasteiger partial charge in [-0.1, -0.05) is 12.1 Å². The van der Waals surface area contributed by atoms with E-state index >= 15 is 0 Å². The summed E-state index contributed by atoms with van der Waals surface area (Å²) in [5.74, 6) is -0.453. The van der Waals surface area contributed by atoms with Crippen molar-refractivity contribution < 1.29 is 22.1 Å². The van der Waals surface area contributed by atoms with E-state index in [1.165, 1.54) is 0 Å². The Kier molecular flexibility index (Phi) is 4.94. The van der Waals surface area contributed by atoms with E-state index in [-0.39, 0.29) is 0 Å². The van der Waals surface area contributed by atoms with E-state index in [4.69, 9.17) is 8.92 Å². The number of esters is 1. The predicted molar refractivity (Wildman–Crippen MR) is 76.0 cm³/mol. The van der Waals surface area contributed by atoms with Crippen LogP contribution in [-0.2, 0) is 19.0 Å². The lowest BCUT2D eigenvalue weighted by Crippen LogP contribution is -2.24. The summed E-state index contributed by atoms with van der Waals surface area (Å²) in [6.45, 7) is 6.95. The Morgan fingerprint density at radius 3 is 2.35 bits per heavy atom. The Hall–Kier alpha value is -1.40. The molecule has 0 saturated carbocycles. The molecule has 0 aliphatic carbocycles. The summed E-state index contributed by atoms with van der Waals surface area (Å²) in [5.41, 5.74) is 0.377. The molecule has 0 amide bonds. The van der Waals surface area contributed by atoms with Gasteiger partial charge in [-0.3, -0.25) is 4.18 Å². The zero-order chi connectivity index (χ0) is 15.6. The van der Waals surface area contributed by atoms with Gasteiger partial charge in [0.05, 0.1) is 17.9 Å². The predicted octanol–water partition coefficient (Wildman–Crippen LogP) is 2.68. The molecule has 0 aliphatic heterocycles. The molecule has 1 aromatic carbocycles. The van der Waals surface area contributed by atoms with E-state index in [9.17, 15) is 13.2 Å². The van der Waals surface area contributed by atoms with Gasteiger partial charge >= 0.3 is 5.97 Å². The van der Waals surface area contributed by atoms with Crippen LogP contribution in [-0.4, -0.2) is 26.2 Å². The molecule has 1 atom stereocenters. The topological polar surface area (TPSA) is 69.7 Å². The van der Waals surface area contributed by atoms with Gasteiger partial charge in [0.15, 0.2) is 0 Å². The fourth-order valence-electron chi connectivity index (χ4n) is 1.57. The van der Waals surface area contributed by atoms with Crippen LogP contribution in [0.3, 0.4) is 0 Å². The molecule has 0 spiro atoms. The average Bonchev–Trinajstić information content (AvgIpc) is 2.24. The van der Waals surface area contributed by atoms with Crippen LogP contribution in [0, 0.1) is 0 Å². The van der Waals surface area contributed by atoms with Gasteiger partial charge < -0.3 is 4.74 Å². The molecule has 0 saturated heterocycles. The van der Waals surface area contributed by atoms with Crippen molar-refractivity contribution in [1.82, 2.24) is 0 Å². The Morgan fingerprint density at radius 1 is 1.25 bits per heavy atom. The molecule has 0 bridgehead atoms. The van der Waals surface area contributed by atoms with E-state index < -0.39 is 27.8 Å². The van der Waals surface area contributed by atoms with Gasteiger partial charge in [0.1, 0.15) is 5.60 Å². The van der Waals surface area contributed by atoms with Gasteiger partial charge in [-0.15, -0.1) is 0 Å². The average molecular weight is 300 g/mol. The maximum Gasteiger partial charge on any atom is 0.338 e. The van der Waals surface area contributed by atoms with Crippen molar-refractivity contribution in [2.24, 2.45) is 0 Å². The molecular weight excluding hydrogens is 280 g/mol. The van der Waals surface area contributed by atoms with Crippen molar-refractivity contribution in [2.45, 2.75) is 39.4 Å². The first-order valence-electron chi connectivity index (χ1n) is 6.19. The van der Waals surface area contributed by atoms with E-state index in [1.807, 2.05) is 0 Å². The number of benzene rings is 1. The molecular formula is C14H20O5S. The van der Waals surface area contributed by atoms with Crippen LogP contribution in [0.5, 0.6) is 0 Å². The van der Waals surface area contributed by atoms with Gasteiger partial charge in [0.2, 0.25) is 0 Å². The monoisotopic (exact) mass is 300 g/mol. The van der Waals surface area contributed by atoms with Crippen molar-refractivity contribution in [3.8, 4) is 0 Å². The summed E-state index contributed by atoms with van der Waals surface area (Å²) < 4.78 is 32.4. The molecule has 0 aliphatic rings. The molecule has 0 radical (unpaired) electrons. The zero-order valence-electron chi connectivity index (χ0n) is 12.3. The SMILES string of the molecule is C[C@@H](OS(C)(=O)=O)c1cccc(C(=O)OC(C)(C)C)c1. The number of carbonyl (C=O) groups is 1. The van der Waals surface area contributed by atoms with Crippen LogP contribution < -0.4 is 0 Å². The Morgan fingerprint density at radius 2 is 1.85 bits per heavy atom. The maximum atomic E-state index is 11.9. The molecule has 0 N–H and O–H groups in total. The van der Waals surface area contributed by atoms with E-state index in [1.54, 1.807) is 52.0 Å². The third-order valence-electron chi connectivity index (χ3n) is 2.31. The second kappa shape index (κ2) is 5.93. The molecule has 0 heterocycles. The number of ether oxygens (including phenoxy) is 1. The summed E-state index contributed by atoms with van der Waals surface area (Å²) >= 11 is 0. The first kappa shape index (κ1) is 16.7. The van der Waals surface area contributed by atoms with E-state index in [2.05, 4.69) is 0 Å². The highest BCUT2D eigenvalue weighted by Gasteiger charge is 2.19. The van der Waals surface area contributed by atoms with Crippen molar-refractivity contribution in [3.63, 3.8) is 0 Å². The van der Waals surface area contributed by atoms with E-state index in [0.29, 0.717) is 11.1 Å². The Bertz CT molecular complexity index is 584. The summed E-state index contributed by atoms with van der Waals surface area (Å²) in [7, 11) is -3.55. The fourth-order valence-corrected chi connectivity index (χ4v) is 2.21. The normalized spacial score (nSPS) is 13.8. The van der Waals surface area contributed by atoms with Crippen molar-refractivity contribution in [1.29, 1.82) is 0 Å².